The molecule has 1 amide bonds. The minimum atomic E-state index is 0.138. The Hall–Kier alpha value is -2.70. The van der Waals surface area contributed by atoms with Gasteiger partial charge in [0, 0.05) is 50.0 Å². The molecule has 0 bridgehead atoms. The lowest BCUT2D eigenvalue weighted by Gasteiger charge is -2.34. The summed E-state index contributed by atoms with van der Waals surface area (Å²) in [6, 6.07) is 14.1. The van der Waals surface area contributed by atoms with Gasteiger partial charge in [-0.2, -0.15) is 0 Å². The van der Waals surface area contributed by atoms with Crippen LogP contribution >= 0.6 is 11.3 Å². The quantitative estimate of drug-likeness (QED) is 0.639. The summed E-state index contributed by atoms with van der Waals surface area (Å²) in [4.78, 5) is 23.6. The molecule has 1 fully saturated rings. The molecule has 0 aliphatic carbocycles. The number of piperazine rings is 1. The van der Waals surface area contributed by atoms with Crippen molar-refractivity contribution in [3.63, 3.8) is 0 Å². The topological polar surface area (TPSA) is 45.7 Å². The number of rotatable bonds is 5. The first kappa shape index (κ1) is 19.6. The van der Waals surface area contributed by atoms with Crippen LogP contribution in [0, 0.1) is 6.92 Å². The van der Waals surface area contributed by atoms with Gasteiger partial charge in [0.05, 0.1) is 12.0 Å². The number of nitrogens with zero attached hydrogens (tertiary/aromatic N) is 3. The van der Waals surface area contributed by atoms with Crippen LogP contribution in [0.2, 0.25) is 0 Å². The molecular formula is C23H25N3O2S. The fourth-order valence-corrected chi connectivity index (χ4v) is 4.67. The number of hydrogen-bond donors (Lipinski definition) is 0. The molecule has 150 valence electrons. The van der Waals surface area contributed by atoms with Gasteiger partial charge in [-0.1, -0.05) is 18.2 Å². The lowest BCUT2D eigenvalue weighted by atomic mass is 10.1. The van der Waals surface area contributed by atoms with Gasteiger partial charge in [0.15, 0.2) is 0 Å². The van der Waals surface area contributed by atoms with E-state index in [4.69, 9.17) is 4.74 Å². The maximum atomic E-state index is 13.0. The number of benzene rings is 1. The van der Waals surface area contributed by atoms with Crippen molar-refractivity contribution in [1.82, 2.24) is 14.8 Å². The third-order valence-electron chi connectivity index (χ3n) is 5.32. The highest BCUT2D eigenvalue weighted by Crippen LogP contribution is 2.32. The first-order valence-electron chi connectivity index (χ1n) is 9.79. The lowest BCUT2D eigenvalue weighted by molar-refractivity contribution is 0.0633. The summed E-state index contributed by atoms with van der Waals surface area (Å²) in [5, 5.41) is 0. The molecule has 29 heavy (non-hydrogen) atoms. The molecule has 4 rings (SSSR count). The number of methoxy groups -OCH3 is 1. The number of hydrogen-bond acceptors (Lipinski definition) is 5. The maximum Gasteiger partial charge on any atom is 0.264 e. The normalized spacial score (nSPS) is 14.8. The molecule has 5 nitrogen and oxygen atoms in total. The van der Waals surface area contributed by atoms with Crippen LogP contribution in [0.15, 0.2) is 54.9 Å². The summed E-state index contributed by atoms with van der Waals surface area (Å²) in [5.41, 5.74) is 3.45. The van der Waals surface area contributed by atoms with Gasteiger partial charge in [-0.05, 0) is 47.9 Å². The molecule has 2 aromatic heterocycles. The van der Waals surface area contributed by atoms with Crippen molar-refractivity contribution in [3.05, 3.63) is 70.2 Å². The van der Waals surface area contributed by atoms with E-state index in [1.54, 1.807) is 24.6 Å². The standard InChI is InChI=1S/C23H25N3O2S/c1-17-21(19-5-7-20(28-2)8-6-19)14-22(29-17)23(27)26-12-10-25(11-13-26)16-18-4-3-9-24-15-18/h3-9,14-15H,10-13,16H2,1-2H3. The Labute approximate surface area is 175 Å². The Balaban J connectivity index is 1.40. The molecule has 6 heteroatoms. The minimum Gasteiger partial charge on any atom is -0.497 e. The van der Waals surface area contributed by atoms with E-state index in [0.717, 1.165) is 59.4 Å². The second-order valence-electron chi connectivity index (χ2n) is 7.24. The van der Waals surface area contributed by atoms with Gasteiger partial charge in [-0.25, -0.2) is 0 Å². The predicted molar refractivity (Wildman–Crippen MR) is 116 cm³/mol. The highest BCUT2D eigenvalue weighted by molar-refractivity contribution is 7.14. The number of ether oxygens (including phenoxy) is 1. The summed E-state index contributed by atoms with van der Waals surface area (Å²) >= 11 is 1.58. The van der Waals surface area contributed by atoms with Gasteiger partial charge in [-0.15, -0.1) is 11.3 Å². The summed E-state index contributed by atoms with van der Waals surface area (Å²) in [5.74, 6) is 0.973. The van der Waals surface area contributed by atoms with Crippen molar-refractivity contribution < 1.29 is 9.53 Å². The summed E-state index contributed by atoms with van der Waals surface area (Å²) in [7, 11) is 1.66. The van der Waals surface area contributed by atoms with Crippen molar-refractivity contribution in [1.29, 1.82) is 0 Å². The predicted octanol–water partition coefficient (Wildman–Crippen LogP) is 4.09. The zero-order valence-corrected chi connectivity index (χ0v) is 17.6. The number of aromatic nitrogens is 1. The monoisotopic (exact) mass is 407 g/mol. The Morgan fingerprint density at radius 3 is 2.55 bits per heavy atom. The minimum absolute atomic E-state index is 0.138. The lowest BCUT2D eigenvalue weighted by Crippen LogP contribution is -2.48. The molecule has 1 aliphatic heterocycles. The van der Waals surface area contributed by atoms with Gasteiger partial charge in [-0.3, -0.25) is 14.7 Å². The summed E-state index contributed by atoms with van der Waals surface area (Å²) in [6.45, 7) is 6.25. The van der Waals surface area contributed by atoms with Crippen molar-refractivity contribution in [2.24, 2.45) is 0 Å². The molecule has 0 atom stereocenters. The third-order valence-corrected chi connectivity index (χ3v) is 6.36. The maximum absolute atomic E-state index is 13.0. The summed E-state index contributed by atoms with van der Waals surface area (Å²) in [6.07, 6.45) is 3.70. The Morgan fingerprint density at radius 2 is 1.90 bits per heavy atom. The van der Waals surface area contributed by atoms with E-state index in [-0.39, 0.29) is 5.91 Å². The average Bonchev–Trinajstić information content (AvgIpc) is 3.16. The van der Waals surface area contributed by atoms with Gasteiger partial charge >= 0.3 is 0 Å². The highest BCUT2D eigenvalue weighted by Gasteiger charge is 2.24. The van der Waals surface area contributed by atoms with Crippen LogP contribution in [0.3, 0.4) is 0 Å². The van der Waals surface area contributed by atoms with Gasteiger partial charge in [0.1, 0.15) is 5.75 Å². The van der Waals surface area contributed by atoms with Gasteiger partial charge in [0.25, 0.3) is 5.91 Å². The molecular weight excluding hydrogens is 382 g/mol. The molecule has 3 aromatic rings. The molecule has 0 N–H and O–H groups in total. The Kier molecular flexibility index (Phi) is 5.92. The van der Waals surface area contributed by atoms with E-state index >= 15 is 0 Å². The molecule has 1 aliphatic rings. The van der Waals surface area contributed by atoms with Gasteiger partial charge < -0.3 is 9.64 Å². The Bertz CT molecular complexity index is 962. The fourth-order valence-electron chi connectivity index (χ4n) is 3.66. The van der Waals surface area contributed by atoms with Crippen LogP contribution in [-0.2, 0) is 6.54 Å². The summed E-state index contributed by atoms with van der Waals surface area (Å²) < 4.78 is 5.24. The van der Waals surface area contributed by atoms with Crippen molar-refractivity contribution in [2.75, 3.05) is 33.3 Å². The van der Waals surface area contributed by atoms with E-state index in [0.29, 0.717) is 0 Å². The van der Waals surface area contributed by atoms with Crippen molar-refractivity contribution >= 4 is 17.2 Å². The highest BCUT2D eigenvalue weighted by atomic mass is 32.1. The van der Waals surface area contributed by atoms with E-state index in [1.807, 2.05) is 47.5 Å². The Morgan fingerprint density at radius 1 is 1.14 bits per heavy atom. The third kappa shape index (κ3) is 4.49. The van der Waals surface area contributed by atoms with E-state index < -0.39 is 0 Å². The first-order chi connectivity index (χ1) is 14.1. The second-order valence-corrected chi connectivity index (χ2v) is 8.49. The largest absolute Gasteiger partial charge is 0.497 e. The van der Waals surface area contributed by atoms with Crippen LogP contribution in [0.25, 0.3) is 11.1 Å². The van der Waals surface area contributed by atoms with Gasteiger partial charge in [0.2, 0.25) is 0 Å². The zero-order chi connectivity index (χ0) is 20.2. The van der Waals surface area contributed by atoms with Crippen LogP contribution in [0.4, 0.5) is 0 Å². The van der Waals surface area contributed by atoms with Crippen molar-refractivity contribution in [2.45, 2.75) is 13.5 Å². The van der Waals surface area contributed by atoms with Crippen LogP contribution < -0.4 is 4.74 Å². The van der Waals surface area contributed by atoms with Crippen molar-refractivity contribution in [3.8, 4) is 16.9 Å². The molecule has 1 saturated heterocycles. The van der Waals surface area contributed by atoms with E-state index in [2.05, 4.69) is 22.9 Å². The number of thiophene rings is 1. The average molecular weight is 408 g/mol. The molecule has 0 spiro atoms. The van der Waals surface area contributed by atoms with Crippen LogP contribution in [0.1, 0.15) is 20.1 Å². The molecule has 1 aromatic carbocycles. The molecule has 0 unspecified atom stereocenters. The van der Waals surface area contributed by atoms with E-state index in [9.17, 15) is 4.79 Å². The smallest absolute Gasteiger partial charge is 0.264 e. The number of pyridine rings is 1. The molecule has 3 heterocycles. The number of amides is 1. The first-order valence-corrected chi connectivity index (χ1v) is 10.6. The molecule has 0 radical (unpaired) electrons. The zero-order valence-electron chi connectivity index (χ0n) is 16.8. The fraction of sp³-hybridized carbons (Fsp3) is 0.304. The number of carbonyl (C=O) groups is 1. The SMILES string of the molecule is COc1ccc(-c2cc(C(=O)N3CCN(Cc4cccnc4)CC3)sc2C)cc1. The number of aryl methyl sites for hydroxylation is 1. The van der Waals surface area contributed by atoms with Crippen LogP contribution in [0.5, 0.6) is 5.75 Å². The van der Waals surface area contributed by atoms with E-state index in [1.165, 1.54) is 5.56 Å². The van der Waals surface area contributed by atoms with Crippen LogP contribution in [-0.4, -0.2) is 54.0 Å². The molecule has 0 saturated carbocycles. The number of carbonyl (C=O) groups excluding carboxylic acids is 1. The second kappa shape index (κ2) is 8.76.